The van der Waals surface area contributed by atoms with Gasteiger partial charge in [-0.25, -0.2) is 8.42 Å². The first-order chi connectivity index (χ1) is 13.4. The second-order valence-corrected chi connectivity index (χ2v) is 9.88. The fourth-order valence-corrected chi connectivity index (χ4v) is 6.68. The van der Waals surface area contributed by atoms with Crippen molar-refractivity contribution in [2.75, 3.05) is 13.1 Å². The minimum absolute atomic E-state index is 0.101. The van der Waals surface area contributed by atoms with Gasteiger partial charge in [0.1, 0.15) is 11.4 Å². The van der Waals surface area contributed by atoms with Gasteiger partial charge in [-0.15, -0.1) is 11.3 Å². The Kier molecular flexibility index (Phi) is 5.03. The zero-order valence-corrected chi connectivity index (χ0v) is 17.2. The Morgan fingerprint density at radius 2 is 1.89 bits per heavy atom. The molecule has 3 aromatic rings. The van der Waals surface area contributed by atoms with Gasteiger partial charge in [0.25, 0.3) is 0 Å². The number of fused-ring (bicyclic) bond motifs is 1. The molecule has 4 rings (SSSR count). The molecule has 148 valence electrons. The molecular formula is C20H22N2O4S2. The lowest BCUT2D eigenvalue weighted by atomic mass is 10.0. The van der Waals surface area contributed by atoms with Crippen LogP contribution >= 0.6 is 11.3 Å². The lowest BCUT2D eigenvalue weighted by Gasteiger charge is -2.18. The number of carboxylic acids is 1. The van der Waals surface area contributed by atoms with Crippen LogP contribution in [0, 0.1) is 6.92 Å². The summed E-state index contributed by atoms with van der Waals surface area (Å²) in [6.07, 6.45) is 2.25. The quantitative estimate of drug-likeness (QED) is 0.665. The first-order valence-corrected chi connectivity index (χ1v) is 11.6. The highest BCUT2D eigenvalue weighted by molar-refractivity contribution is 7.89. The van der Waals surface area contributed by atoms with Crippen LogP contribution in [0.3, 0.4) is 0 Å². The van der Waals surface area contributed by atoms with E-state index >= 15 is 0 Å². The van der Waals surface area contributed by atoms with Gasteiger partial charge >= 0.3 is 5.97 Å². The van der Waals surface area contributed by atoms with Crippen molar-refractivity contribution in [3.63, 3.8) is 0 Å². The third-order valence-electron chi connectivity index (χ3n) is 5.37. The minimum Gasteiger partial charge on any atom is -0.480 e. The Balaban J connectivity index is 1.78. The molecule has 0 atom stereocenters. The fourth-order valence-electron chi connectivity index (χ4n) is 3.96. The Labute approximate surface area is 168 Å². The topological polar surface area (TPSA) is 79.6 Å². The molecule has 2 aromatic heterocycles. The van der Waals surface area contributed by atoms with Crippen molar-refractivity contribution in [2.45, 2.75) is 37.6 Å². The van der Waals surface area contributed by atoms with Crippen LogP contribution in [0.4, 0.5) is 0 Å². The number of rotatable bonds is 6. The van der Waals surface area contributed by atoms with Crippen molar-refractivity contribution in [3.8, 4) is 0 Å². The minimum atomic E-state index is -3.52. The number of thiophene rings is 1. The molecule has 0 saturated carbocycles. The summed E-state index contributed by atoms with van der Waals surface area (Å²) < 4.78 is 29.6. The molecular weight excluding hydrogens is 396 g/mol. The van der Waals surface area contributed by atoms with Gasteiger partial charge in [0, 0.05) is 30.6 Å². The SMILES string of the molecule is Cc1c(Cc2ccccc2S(=O)(=O)N2CCCC2)c2ccsc2n1CC(=O)O. The number of hydrogen-bond donors (Lipinski definition) is 1. The molecule has 28 heavy (non-hydrogen) atoms. The van der Waals surface area contributed by atoms with E-state index in [-0.39, 0.29) is 6.54 Å². The number of hydrogen-bond acceptors (Lipinski definition) is 4. The molecule has 1 aromatic carbocycles. The summed E-state index contributed by atoms with van der Waals surface area (Å²) in [5.74, 6) is -0.892. The molecule has 1 N–H and O–H groups in total. The van der Waals surface area contributed by atoms with Crippen LogP contribution in [0.5, 0.6) is 0 Å². The highest BCUT2D eigenvalue weighted by atomic mass is 32.2. The van der Waals surface area contributed by atoms with E-state index < -0.39 is 16.0 Å². The number of aliphatic carboxylic acids is 1. The average molecular weight is 419 g/mol. The summed E-state index contributed by atoms with van der Waals surface area (Å²) in [6, 6.07) is 9.13. The van der Waals surface area contributed by atoms with Crippen LogP contribution in [0.2, 0.25) is 0 Å². The predicted molar refractivity (Wildman–Crippen MR) is 109 cm³/mol. The molecule has 0 amide bonds. The molecule has 0 unspecified atom stereocenters. The van der Waals surface area contributed by atoms with Crippen LogP contribution in [0.1, 0.15) is 29.7 Å². The zero-order valence-electron chi connectivity index (χ0n) is 15.6. The van der Waals surface area contributed by atoms with Crippen LogP contribution in [0.15, 0.2) is 40.6 Å². The first-order valence-electron chi connectivity index (χ1n) is 9.24. The number of carbonyl (C=O) groups is 1. The number of aromatic nitrogens is 1. The molecule has 1 fully saturated rings. The van der Waals surface area contributed by atoms with E-state index in [2.05, 4.69) is 0 Å². The molecule has 3 heterocycles. The summed E-state index contributed by atoms with van der Waals surface area (Å²) in [5.41, 5.74) is 2.61. The first kappa shape index (κ1) is 19.2. The number of sulfonamides is 1. The number of carboxylic acid groups (broad SMARTS) is 1. The third kappa shape index (κ3) is 3.25. The summed E-state index contributed by atoms with van der Waals surface area (Å²) in [7, 11) is -3.52. The molecule has 8 heteroatoms. The maximum Gasteiger partial charge on any atom is 0.323 e. The summed E-state index contributed by atoms with van der Waals surface area (Å²) in [5, 5.41) is 12.2. The largest absolute Gasteiger partial charge is 0.480 e. The van der Waals surface area contributed by atoms with Gasteiger partial charge in [-0.3, -0.25) is 4.79 Å². The van der Waals surface area contributed by atoms with Gasteiger partial charge < -0.3 is 9.67 Å². The normalized spacial score (nSPS) is 15.5. The molecule has 0 aliphatic carbocycles. The predicted octanol–water partition coefficient (Wildman–Crippen LogP) is 3.47. The van der Waals surface area contributed by atoms with E-state index in [4.69, 9.17) is 0 Å². The van der Waals surface area contributed by atoms with Gasteiger partial charge in [-0.05, 0) is 48.4 Å². The molecule has 0 spiro atoms. The second-order valence-electron chi connectivity index (χ2n) is 7.08. The van der Waals surface area contributed by atoms with E-state index in [0.717, 1.165) is 39.9 Å². The summed E-state index contributed by atoms with van der Waals surface area (Å²) in [6.45, 7) is 2.94. The molecule has 6 nitrogen and oxygen atoms in total. The Bertz CT molecular complexity index is 1140. The van der Waals surface area contributed by atoms with Crippen molar-refractivity contribution in [2.24, 2.45) is 0 Å². The van der Waals surface area contributed by atoms with Gasteiger partial charge in [0.05, 0.1) is 4.90 Å². The number of nitrogens with zero attached hydrogens (tertiary/aromatic N) is 2. The summed E-state index contributed by atoms with van der Waals surface area (Å²) >= 11 is 1.50. The highest BCUT2D eigenvalue weighted by Gasteiger charge is 2.29. The van der Waals surface area contributed by atoms with Crippen molar-refractivity contribution in [1.82, 2.24) is 8.87 Å². The maximum absolute atomic E-state index is 13.1. The number of benzene rings is 1. The van der Waals surface area contributed by atoms with Crippen LogP contribution in [0.25, 0.3) is 10.2 Å². The Morgan fingerprint density at radius 1 is 1.18 bits per heavy atom. The average Bonchev–Trinajstić information content (AvgIpc) is 3.38. The van der Waals surface area contributed by atoms with Gasteiger partial charge in [-0.2, -0.15) is 4.31 Å². The Hall–Kier alpha value is -2.16. The monoisotopic (exact) mass is 418 g/mol. The summed E-state index contributed by atoms with van der Waals surface area (Å²) in [4.78, 5) is 12.5. The third-order valence-corrected chi connectivity index (χ3v) is 8.31. The fraction of sp³-hybridized carbons (Fsp3) is 0.350. The molecule has 1 saturated heterocycles. The van der Waals surface area contributed by atoms with Crippen LogP contribution in [-0.4, -0.2) is 41.5 Å². The maximum atomic E-state index is 13.1. The van der Waals surface area contributed by atoms with Gasteiger partial charge in [0.2, 0.25) is 10.0 Å². The molecule has 0 radical (unpaired) electrons. The smallest absolute Gasteiger partial charge is 0.323 e. The molecule has 1 aliphatic heterocycles. The van der Waals surface area contributed by atoms with E-state index in [1.165, 1.54) is 11.3 Å². The van der Waals surface area contributed by atoms with Crippen molar-refractivity contribution in [3.05, 3.63) is 52.5 Å². The molecule has 1 aliphatic rings. The zero-order chi connectivity index (χ0) is 19.9. The molecule has 0 bridgehead atoms. The standard InChI is InChI=1S/C20H22N2O4S2/c1-14-17(16-8-11-27-20(16)22(14)13-19(23)24)12-15-6-2-3-7-18(15)28(25,26)21-9-4-5-10-21/h2-3,6-8,11H,4-5,9-10,12-13H2,1H3,(H,23,24). The highest BCUT2D eigenvalue weighted by Crippen LogP contribution is 2.33. The van der Waals surface area contributed by atoms with Crippen molar-refractivity contribution in [1.29, 1.82) is 0 Å². The van der Waals surface area contributed by atoms with Crippen LogP contribution in [-0.2, 0) is 27.8 Å². The van der Waals surface area contributed by atoms with E-state index in [1.54, 1.807) is 21.0 Å². The van der Waals surface area contributed by atoms with E-state index in [1.807, 2.05) is 30.5 Å². The van der Waals surface area contributed by atoms with E-state index in [0.29, 0.717) is 24.4 Å². The van der Waals surface area contributed by atoms with Gasteiger partial charge in [-0.1, -0.05) is 18.2 Å². The second kappa shape index (κ2) is 7.35. The Morgan fingerprint density at radius 3 is 2.61 bits per heavy atom. The van der Waals surface area contributed by atoms with Crippen molar-refractivity contribution >= 4 is 37.5 Å². The lowest BCUT2D eigenvalue weighted by molar-refractivity contribution is -0.137. The lowest BCUT2D eigenvalue weighted by Crippen LogP contribution is -2.28. The van der Waals surface area contributed by atoms with Crippen molar-refractivity contribution < 1.29 is 18.3 Å². The van der Waals surface area contributed by atoms with Crippen LogP contribution < -0.4 is 0 Å². The van der Waals surface area contributed by atoms with Gasteiger partial charge in [0.15, 0.2) is 0 Å². The van der Waals surface area contributed by atoms with E-state index in [9.17, 15) is 18.3 Å².